The molecule has 0 aliphatic carbocycles. The zero-order chi connectivity index (χ0) is 16.5. The normalized spacial score (nSPS) is 10.7. The van der Waals surface area contributed by atoms with Crippen molar-refractivity contribution in [2.45, 2.75) is 27.7 Å². The van der Waals surface area contributed by atoms with Crippen molar-refractivity contribution in [2.24, 2.45) is 0 Å². The van der Waals surface area contributed by atoms with E-state index < -0.39 is 0 Å². The summed E-state index contributed by atoms with van der Waals surface area (Å²) in [6.45, 7) is 6.55. The third-order valence-corrected chi connectivity index (χ3v) is 2.17. The minimum atomic E-state index is -0.00171. The Kier molecular flexibility index (Phi) is 6.55. The molecule has 8 nitrogen and oxygen atoms in total. The van der Waals surface area contributed by atoms with Crippen LogP contribution in [0.2, 0.25) is 0 Å². The van der Waals surface area contributed by atoms with Crippen LogP contribution in [0.1, 0.15) is 25.5 Å². The van der Waals surface area contributed by atoms with Gasteiger partial charge in [0, 0.05) is 12.4 Å². The van der Waals surface area contributed by atoms with Crippen LogP contribution in [0.25, 0.3) is 12.4 Å². The van der Waals surface area contributed by atoms with Crippen molar-refractivity contribution in [3.05, 3.63) is 36.5 Å². The standard InChI is InChI=1S/2C7H9N3O/c2*1-6(11)3-4-10-5-8-7(2)9-10/h2*3-5H,1-2H3/b4-3+;4-3-. The maximum atomic E-state index is 10.5. The van der Waals surface area contributed by atoms with Gasteiger partial charge in [-0.3, -0.25) is 9.59 Å². The predicted molar refractivity (Wildman–Crippen MR) is 81.5 cm³/mol. The summed E-state index contributed by atoms with van der Waals surface area (Å²) in [5.74, 6) is 1.38. The van der Waals surface area contributed by atoms with E-state index in [2.05, 4.69) is 20.2 Å². The molecule has 8 heteroatoms. The van der Waals surface area contributed by atoms with E-state index in [4.69, 9.17) is 0 Å². The minimum Gasteiger partial charge on any atom is -0.295 e. The Morgan fingerprint density at radius 2 is 1.23 bits per heavy atom. The van der Waals surface area contributed by atoms with Crippen molar-refractivity contribution >= 4 is 24.0 Å². The van der Waals surface area contributed by atoms with Gasteiger partial charge in [0.15, 0.2) is 11.6 Å². The van der Waals surface area contributed by atoms with Crippen LogP contribution in [0.5, 0.6) is 0 Å². The molecule has 22 heavy (non-hydrogen) atoms. The van der Waals surface area contributed by atoms with Gasteiger partial charge in [-0.1, -0.05) is 0 Å². The maximum Gasteiger partial charge on any atom is 0.154 e. The summed E-state index contributed by atoms with van der Waals surface area (Å²) in [6, 6.07) is 0. The van der Waals surface area contributed by atoms with Crippen molar-refractivity contribution in [2.75, 3.05) is 0 Å². The molecule has 2 heterocycles. The number of hydrogen-bond acceptors (Lipinski definition) is 6. The van der Waals surface area contributed by atoms with Crippen molar-refractivity contribution in [3.8, 4) is 0 Å². The van der Waals surface area contributed by atoms with Crippen LogP contribution >= 0.6 is 0 Å². The van der Waals surface area contributed by atoms with Crippen LogP contribution < -0.4 is 0 Å². The third kappa shape index (κ3) is 7.04. The van der Waals surface area contributed by atoms with Crippen molar-refractivity contribution in [1.29, 1.82) is 0 Å². The van der Waals surface area contributed by atoms with Gasteiger partial charge in [-0.2, -0.15) is 10.2 Å². The fraction of sp³-hybridized carbons (Fsp3) is 0.286. The molecule has 0 spiro atoms. The Labute approximate surface area is 128 Å². The molecular weight excluding hydrogens is 284 g/mol. The molecule has 0 saturated carbocycles. The Morgan fingerprint density at radius 3 is 1.45 bits per heavy atom. The fourth-order valence-electron chi connectivity index (χ4n) is 1.23. The SMILES string of the molecule is CC(=O)/C=C/n1cnc(C)n1.CC(=O)/C=C\n1cnc(C)n1. The molecule has 0 aliphatic heterocycles. The summed E-state index contributed by atoms with van der Waals surface area (Å²) in [4.78, 5) is 28.7. The van der Waals surface area contributed by atoms with E-state index in [1.807, 2.05) is 0 Å². The molecular formula is C14H18N6O2. The first-order valence-corrected chi connectivity index (χ1v) is 6.50. The molecule has 2 aromatic heterocycles. The molecule has 0 fully saturated rings. The Balaban J connectivity index is 0.000000220. The summed E-state index contributed by atoms with van der Waals surface area (Å²) < 4.78 is 2.99. The first-order chi connectivity index (χ1) is 10.4. The number of rotatable bonds is 4. The third-order valence-electron chi connectivity index (χ3n) is 2.17. The average Bonchev–Trinajstić information content (AvgIpc) is 3.03. The van der Waals surface area contributed by atoms with Gasteiger partial charge in [0.2, 0.25) is 0 Å². The van der Waals surface area contributed by atoms with Gasteiger partial charge in [0.1, 0.15) is 24.3 Å². The molecule has 0 aliphatic rings. The summed E-state index contributed by atoms with van der Waals surface area (Å²) in [7, 11) is 0. The molecule has 0 radical (unpaired) electrons. The van der Waals surface area contributed by atoms with E-state index >= 15 is 0 Å². The lowest BCUT2D eigenvalue weighted by molar-refractivity contribution is -0.113. The van der Waals surface area contributed by atoms with Gasteiger partial charge < -0.3 is 0 Å². The molecule has 0 aromatic carbocycles. The van der Waals surface area contributed by atoms with Crippen molar-refractivity contribution in [3.63, 3.8) is 0 Å². The van der Waals surface area contributed by atoms with Gasteiger partial charge in [-0.05, 0) is 39.8 Å². The van der Waals surface area contributed by atoms with E-state index in [9.17, 15) is 9.59 Å². The summed E-state index contributed by atoms with van der Waals surface area (Å²) in [5, 5.41) is 7.90. The number of carbonyl (C=O) groups is 2. The van der Waals surface area contributed by atoms with E-state index in [1.165, 1.54) is 35.4 Å². The largest absolute Gasteiger partial charge is 0.295 e. The first-order valence-electron chi connectivity index (χ1n) is 6.50. The lowest BCUT2D eigenvalue weighted by Gasteiger charge is -1.84. The van der Waals surface area contributed by atoms with Crippen LogP contribution in [0.4, 0.5) is 0 Å². The number of carbonyl (C=O) groups excluding carboxylic acids is 2. The highest BCUT2D eigenvalue weighted by Crippen LogP contribution is 1.88. The summed E-state index contributed by atoms with van der Waals surface area (Å²) in [6.07, 6.45) is 9.12. The number of aryl methyl sites for hydroxylation is 2. The molecule has 0 N–H and O–H groups in total. The number of aromatic nitrogens is 6. The second-order valence-electron chi connectivity index (χ2n) is 4.40. The number of allylic oxidation sites excluding steroid dienone is 2. The molecule has 2 rings (SSSR count). The molecule has 2 aromatic rings. The van der Waals surface area contributed by atoms with Gasteiger partial charge in [0.05, 0.1) is 0 Å². The fourth-order valence-corrected chi connectivity index (χ4v) is 1.23. The number of nitrogens with zero attached hydrogens (tertiary/aromatic N) is 6. The molecule has 0 bridgehead atoms. The zero-order valence-corrected chi connectivity index (χ0v) is 13.0. The highest BCUT2D eigenvalue weighted by Gasteiger charge is 1.90. The lowest BCUT2D eigenvalue weighted by Crippen LogP contribution is -1.89. The average molecular weight is 302 g/mol. The smallest absolute Gasteiger partial charge is 0.154 e. The predicted octanol–water partition coefficient (Wildman–Crippen LogP) is 1.29. The minimum absolute atomic E-state index is 0.00171. The van der Waals surface area contributed by atoms with Gasteiger partial charge in [0.25, 0.3) is 0 Å². The summed E-state index contributed by atoms with van der Waals surface area (Å²) >= 11 is 0. The molecule has 0 atom stereocenters. The van der Waals surface area contributed by atoms with Crippen LogP contribution in [0.15, 0.2) is 24.8 Å². The van der Waals surface area contributed by atoms with Crippen molar-refractivity contribution in [1.82, 2.24) is 29.5 Å². The van der Waals surface area contributed by atoms with E-state index in [0.29, 0.717) is 11.6 Å². The number of ketones is 2. The van der Waals surface area contributed by atoms with Crippen molar-refractivity contribution < 1.29 is 9.59 Å². The van der Waals surface area contributed by atoms with E-state index in [0.717, 1.165) is 0 Å². The highest BCUT2D eigenvalue weighted by atomic mass is 16.1. The quantitative estimate of drug-likeness (QED) is 0.790. The van der Waals surface area contributed by atoms with E-state index in [1.54, 1.807) is 38.9 Å². The second kappa shape index (κ2) is 8.40. The number of hydrogen-bond donors (Lipinski definition) is 0. The lowest BCUT2D eigenvalue weighted by atomic mass is 10.4. The van der Waals surface area contributed by atoms with Gasteiger partial charge in [-0.15, -0.1) is 0 Å². The van der Waals surface area contributed by atoms with Gasteiger partial charge >= 0.3 is 0 Å². The Hall–Kier alpha value is -2.90. The Morgan fingerprint density at radius 1 is 0.864 bits per heavy atom. The van der Waals surface area contributed by atoms with Gasteiger partial charge in [-0.25, -0.2) is 19.3 Å². The van der Waals surface area contributed by atoms with Crippen LogP contribution in [-0.4, -0.2) is 41.1 Å². The monoisotopic (exact) mass is 302 g/mol. The van der Waals surface area contributed by atoms with Crippen LogP contribution in [0.3, 0.4) is 0 Å². The highest BCUT2D eigenvalue weighted by molar-refractivity contribution is 5.90. The van der Waals surface area contributed by atoms with Crippen LogP contribution in [-0.2, 0) is 9.59 Å². The molecule has 0 saturated heterocycles. The maximum absolute atomic E-state index is 10.5. The second-order valence-corrected chi connectivity index (χ2v) is 4.40. The van der Waals surface area contributed by atoms with E-state index in [-0.39, 0.29) is 11.6 Å². The molecule has 0 unspecified atom stereocenters. The molecule has 0 amide bonds. The Bertz CT molecular complexity index is 636. The first kappa shape index (κ1) is 17.2. The topological polar surface area (TPSA) is 95.6 Å². The zero-order valence-electron chi connectivity index (χ0n) is 13.0. The molecule has 116 valence electrons. The van der Waals surface area contributed by atoms with Crippen LogP contribution in [0, 0.1) is 13.8 Å². The summed E-state index contributed by atoms with van der Waals surface area (Å²) in [5.41, 5.74) is 0.